The van der Waals surface area contributed by atoms with Gasteiger partial charge >= 0.3 is 5.97 Å². The van der Waals surface area contributed by atoms with Crippen LogP contribution in [-0.4, -0.2) is 56.9 Å². The molecule has 0 aliphatic carbocycles. The monoisotopic (exact) mass is 279 g/mol. The summed E-state index contributed by atoms with van der Waals surface area (Å²) in [6.07, 6.45) is -0.0195. The van der Waals surface area contributed by atoms with Gasteiger partial charge in [0.25, 0.3) is 0 Å². The second kappa shape index (κ2) is 7.26. The van der Waals surface area contributed by atoms with Crippen LogP contribution in [0.2, 0.25) is 0 Å². The summed E-state index contributed by atoms with van der Waals surface area (Å²) in [4.78, 5) is 13.3. The van der Waals surface area contributed by atoms with E-state index in [-0.39, 0.29) is 12.1 Å². The zero-order valence-corrected chi connectivity index (χ0v) is 12.0. The first-order valence-electron chi connectivity index (χ1n) is 6.77. The van der Waals surface area contributed by atoms with E-state index in [9.17, 15) is 4.79 Å². The van der Waals surface area contributed by atoms with Gasteiger partial charge < -0.3 is 14.2 Å². The third-order valence-electron chi connectivity index (χ3n) is 3.23. The molecule has 1 aliphatic rings. The Hall–Kier alpha value is -1.59. The largest absolute Gasteiger partial charge is 0.491 e. The zero-order chi connectivity index (χ0) is 14.4. The number of carbonyl (C=O) groups is 1. The molecule has 1 aliphatic heterocycles. The highest BCUT2D eigenvalue weighted by Crippen LogP contribution is 2.14. The van der Waals surface area contributed by atoms with Gasteiger partial charge in [-0.3, -0.25) is 9.69 Å². The molecular weight excluding hydrogens is 258 g/mol. The summed E-state index contributed by atoms with van der Waals surface area (Å²) in [6.45, 7) is 4.86. The highest BCUT2D eigenvalue weighted by molar-refractivity contribution is 5.71. The number of nitrogens with zero attached hydrogens (tertiary/aromatic N) is 1. The molecule has 1 aromatic rings. The molecule has 0 spiro atoms. The predicted octanol–water partition coefficient (Wildman–Crippen LogP) is 1.25. The summed E-state index contributed by atoms with van der Waals surface area (Å²) >= 11 is 0. The first kappa shape index (κ1) is 14.8. The molecule has 0 bridgehead atoms. The van der Waals surface area contributed by atoms with Gasteiger partial charge in [0.05, 0.1) is 20.3 Å². The van der Waals surface area contributed by atoms with Crippen molar-refractivity contribution in [3.63, 3.8) is 0 Å². The van der Waals surface area contributed by atoms with Crippen molar-refractivity contribution < 1.29 is 19.0 Å². The molecule has 1 saturated heterocycles. The molecule has 0 amide bonds. The molecule has 20 heavy (non-hydrogen) atoms. The summed E-state index contributed by atoms with van der Waals surface area (Å²) in [6, 6.07) is 7.93. The Labute approximate surface area is 119 Å². The number of ether oxygens (including phenoxy) is 3. The third kappa shape index (κ3) is 4.51. The van der Waals surface area contributed by atoms with E-state index in [2.05, 4.69) is 4.74 Å². The maximum absolute atomic E-state index is 11.3. The Morgan fingerprint density at radius 2 is 2.35 bits per heavy atom. The topological polar surface area (TPSA) is 48.0 Å². The molecule has 0 unspecified atom stereocenters. The second-order valence-electron chi connectivity index (χ2n) is 4.93. The van der Waals surface area contributed by atoms with Crippen LogP contribution in [0.25, 0.3) is 0 Å². The molecule has 1 fully saturated rings. The Morgan fingerprint density at radius 3 is 3.10 bits per heavy atom. The van der Waals surface area contributed by atoms with E-state index in [1.54, 1.807) is 0 Å². The predicted molar refractivity (Wildman–Crippen MR) is 74.9 cm³/mol. The molecule has 1 heterocycles. The Balaban J connectivity index is 1.79. The van der Waals surface area contributed by atoms with Crippen LogP contribution in [0, 0.1) is 6.92 Å². The van der Waals surface area contributed by atoms with Crippen molar-refractivity contribution in [3.8, 4) is 5.75 Å². The normalized spacial score (nSPS) is 19.6. The minimum atomic E-state index is -0.217. The molecule has 5 heteroatoms. The zero-order valence-electron chi connectivity index (χ0n) is 12.0. The van der Waals surface area contributed by atoms with Crippen molar-refractivity contribution in [1.82, 2.24) is 4.90 Å². The molecule has 1 aromatic carbocycles. The summed E-state index contributed by atoms with van der Waals surface area (Å²) in [5, 5.41) is 0. The summed E-state index contributed by atoms with van der Waals surface area (Å²) in [5.74, 6) is 0.629. The van der Waals surface area contributed by atoms with Crippen LogP contribution in [-0.2, 0) is 14.3 Å². The van der Waals surface area contributed by atoms with Crippen molar-refractivity contribution >= 4 is 5.97 Å². The molecule has 0 radical (unpaired) electrons. The maximum Gasteiger partial charge on any atom is 0.319 e. The van der Waals surface area contributed by atoms with E-state index in [0.717, 1.165) is 12.3 Å². The fourth-order valence-electron chi connectivity index (χ4n) is 2.17. The number of esters is 1. The van der Waals surface area contributed by atoms with Crippen LogP contribution in [0.5, 0.6) is 5.75 Å². The SMILES string of the molecule is COC(=O)CN1CCO[C@@H](COc2cccc(C)c2)C1. The van der Waals surface area contributed by atoms with Gasteiger partial charge in [-0.25, -0.2) is 0 Å². The fourth-order valence-corrected chi connectivity index (χ4v) is 2.17. The van der Waals surface area contributed by atoms with Crippen LogP contribution in [0.4, 0.5) is 0 Å². The van der Waals surface area contributed by atoms with Gasteiger partial charge in [0, 0.05) is 13.1 Å². The number of hydrogen-bond acceptors (Lipinski definition) is 5. The molecule has 0 N–H and O–H groups in total. The van der Waals surface area contributed by atoms with Crippen molar-refractivity contribution in [2.45, 2.75) is 13.0 Å². The van der Waals surface area contributed by atoms with Gasteiger partial charge in [0.15, 0.2) is 0 Å². The Morgan fingerprint density at radius 1 is 1.50 bits per heavy atom. The summed E-state index contributed by atoms with van der Waals surface area (Å²) in [7, 11) is 1.40. The van der Waals surface area contributed by atoms with Crippen molar-refractivity contribution in [2.75, 3.05) is 40.0 Å². The van der Waals surface area contributed by atoms with E-state index in [0.29, 0.717) is 26.3 Å². The van der Waals surface area contributed by atoms with Gasteiger partial charge in [-0.15, -0.1) is 0 Å². The van der Waals surface area contributed by atoms with Crippen LogP contribution in [0.15, 0.2) is 24.3 Å². The second-order valence-corrected chi connectivity index (χ2v) is 4.93. The quantitative estimate of drug-likeness (QED) is 0.759. The van der Waals surface area contributed by atoms with Crippen LogP contribution in [0.1, 0.15) is 5.56 Å². The van der Waals surface area contributed by atoms with E-state index in [4.69, 9.17) is 9.47 Å². The molecule has 2 rings (SSSR count). The van der Waals surface area contributed by atoms with Gasteiger partial charge in [-0.1, -0.05) is 12.1 Å². The fraction of sp³-hybridized carbons (Fsp3) is 0.533. The minimum Gasteiger partial charge on any atom is -0.491 e. The molecule has 110 valence electrons. The summed E-state index contributed by atoms with van der Waals surface area (Å²) < 4.78 is 16.1. The lowest BCUT2D eigenvalue weighted by molar-refractivity contribution is -0.144. The van der Waals surface area contributed by atoms with Crippen molar-refractivity contribution in [2.24, 2.45) is 0 Å². The van der Waals surface area contributed by atoms with Crippen LogP contribution < -0.4 is 4.74 Å². The lowest BCUT2D eigenvalue weighted by atomic mass is 10.2. The molecule has 0 aromatic heterocycles. The number of morpholine rings is 1. The number of methoxy groups -OCH3 is 1. The molecular formula is C15H21NO4. The highest BCUT2D eigenvalue weighted by atomic mass is 16.5. The lowest BCUT2D eigenvalue weighted by Gasteiger charge is -2.31. The standard InChI is InChI=1S/C15H21NO4/c1-12-4-3-5-13(8-12)20-11-14-9-16(6-7-19-14)10-15(17)18-2/h3-5,8,14H,6-7,9-11H2,1-2H3/t14-/m1/s1. The van der Waals surface area contributed by atoms with E-state index in [1.807, 2.05) is 36.1 Å². The van der Waals surface area contributed by atoms with Crippen molar-refractivity contribution in [1.29, 1.82) is 0 Å². The smallest absolute Gasteiger partial charge is 0.319 e. The molecule has 1 atom stereocenters. The Bertz CT molecular complexity index is 449. The Kier molecular flexibility index (Phi) is 5.38. The van der Waals surface area contributed by atoms with Crippen LogP contribution in [0.3, 0.4) is 0 Å². The average Bonchev–Trinajstić information content (AvgIpc) is 2.45. The number of aryl methyl sites for hydroxylation is 1. The first-order valence-corrected chi connectivity index (χ1v) is 6.77. The third-order valence-corrected chi connectivity index (χ3v) is 3.23. The van der Waals surface area contributed by atoms with Gasteiger partial charge in [-0.05, 0) is 24.6 Å². The number of carbonyl (C=O) groups excluding carboxylic acids is 1. The summed E-state index contributed by atoms with van der Waals surface area (Å²) in [5.41, 5.74) is 1.17. The van der Waals surface area contributed by atoms with Gasteiger partial charge in [-0.2, -0.15) is 0 Å². The molecule has 5 nitrogen and oxygen atoms in total. The highest BCUT2D eigenvalue weighted by Gasteiger charge is 2.22. The van der Waals surface area contributed by atoms with E-state index in [1.165, 1.54) is 12.7 Å². The maximum atomic E-state index is 11.3. The van der Waals surface area contributed by atoms with E-state index >= 15 is 0 Å². The van der Waals surface area contributed by atoms with Gasteiger partial charge in [0.1, 0.15) is 18.5 Å². The lowest BCUT2D eigenvalue weighted by Crippen LogP contribution is -2.46. The van der Waals surface area contributed by atoms with Crippen molar-refractivity contribution in [3.05, 3.63) is 29.8 Å². The van der Waals surface area contributed by atoms with Gasteiger partial charge in [0.2, 0.25) is 0 Å². The first-order chi connectivity index (χ1) is 9.67. The average molecular weight is 279 g/mol. The van der Waals surface area contributed by atoms with E-state index < -0.39 is 0 Å². The number of benzene rings is 1. The molecule has 0 saturated carbocycles. The number of hydrogen-bond donors (Lipinski definition) is 0. The van der Waals surface area contributed by atoms with Crippen LogP contribution >= 0.6 is 0 Å². The number of rotatable bonds is 5. The minimum absolute atomic E-state index is 0.0195.